The quantitative estimate of drug-likeness (QED) is 0.795. The Morgan fingerprint density at radius 2 is 1.80 bits per heavy atom. The van der Waals surface area contributed by atoms with Crippen molar-refractivity contribution in [3.8, 4) is 11.5 Å². The third-order valence-electron chi connectivity index (χ3n) is 2.82. The van der Waals surface area contributed by atoms with Crippen molar-refractivity contribution in [1.29, 1.82) is 0 Å². The Kier molecular flexibility index (Phi) is 6.29. The molecule has 0 saturated heterocycles. The summed E-state index contributed by atoms with van der Waals surface area (Å²) in [6, 6.07) is 5.43. The van der Waals surface area contributed by atoms with Crippen LogP contribution in [0.25, 0.3) is 0 Å². The summed E-state index contributed by atoms with van der Waals surface area (Å²) in [5, 5.41) is 0. The first-order valence-corrected chi connectivity index (χ1v) is 8.21. The Morgan fingerprint density at radius 1 is 1.15 bits per heavy atom. The van der Waals surface area contributed by atoms with Gasteiger partial charge in [-0.3, -0.25) is 0 Å². The van der Waals surface area contributed by atoms with Gasteiger partial charge < -0.3 is 9.47 Å². The van der Waals surface area contributed by atoms with Crippen LogP contribution >= 0.6 is 0 Å². The second-order valence-corrected chi connectivity index (χ2v) is 6.93. The van der Waals surface area contributed by atoms with Crippen molar-refractivity contribution in [2.45, 2.75) is 20.3 Å². The van der Waals surface area contributed by atoms with Gasteiger partial charge in [-0.25, -0.2) is 13.1 Å². The highest BCUT2D eigenvalue weighted by Gasteiger charge is 2.12. The van der Waals surface area contributed by atoms with E-state index in [0.29, 0.717) is 30.4 Å². The molecule has 0 atom stereocenters. The summed E-state index contributed by atoms with van der Waals surface area (Å²) in [6.45, 7) is 4.40. The molecule has 20 heavy (non-hydrogen) atoms. The average Bonchev–Trinajstić information content (AvgIpc) is 2.43. The van der Waals surface area contributed by atoms with Crippen LogP contribution in [0.15, 0.2) is 18.2 Å². The van der Waals surface area contributed by atoms with Crippen molar-refractivity contribution in [1.82, 2.24) is 4.72 Å². The fraction of sp³-hybridized carbons (Fsp3) is 0.571. The average molecular weight is 301 g/mol. The van der Waals surface area contributed by atoms with E-state index in [2.05, 4.69) is 4.72 Å². The first-order valence-electron chi connectivity index (χ1n) is 6.56. The number of benzene rings is 1. The molecule has 0 amide bonds. The van der Waals surface area contributed by atoms with Crippen molar-refractivity contribution in [2.24, 2.45) is 5.92 Å². The molecule has 1 aromatic rings. The number of methoxy groups -OCH3 is 2. The number of nitrogens with one attached hydrogen (secondary N) is 1. The van der Waals surface area contributed by atoms with Gasteiger partial charge in [0, 0.05) is 6.54 Å². The second kappa shape index (κ2) is 7.50. The normalized spacial score (nSPS) is 11.7. The van der Waals surface area contributed by atoms with E-state index in [1.807, 2.05) is 19.9 Å². The van der Waals surface area contributed by atoms with E-state index in [1.165, 1.54) is 0 Å². The molecule has 0 aliphatic carbocycles. The molecule has 1 aromatic carbocycles. The highest BCUT2D eigenvalue weighted by atomic mass is 32.2. The van der Waals surface area contributed by atoms with Crippen LogP contribution in [0, 0.1) is 5.92 Å². The molecule has 0 unspecified atom stereocenters. The maximum Gasteiger partial charge on any atom is 0.211 e. The van der Waals surface area contributed by atoms with E-state index < -0.39 is 10.0 Å². The van der Waals surface area contributed by atoms with E-state index in [1.54, 1.807) is 26.4 Å². The lowest BCUT2D eigenvalue weighted by atomic mass is 10.1. The first-order chi connectivity index (χ1) is 9.38. The molecule has 0 bridgehead atoms. The third kappa shape index (κ3) is 5.38. The van der Waals surface area contributed by atoms with Gasteiger partial charge in [-0.1, -0.05) is 19.9 Å². The summed E-state index contributed by atoms with van der Waals surface area (Å²) >= 11 is 0. The summed E-state index contributed by atoms with van der Waals surface area (Å²) in [5.41, 5.74) is 0.901. The van der Waals surface area contributed by atoms with Gasteiger partial charge in [0.15, 0.2) is 11.5 Å². The van der Waals surface area contributed by atoms with Crippen molar-refractivity contribution >= 4 is 10.0 Å². The minimum absolute atomic E-state index is 0.0647. The van der Waals surface area contributed by atoms with Crippen LogP contribution in [0.4, 0.5) is 0 Å². The van der Waals surface area contributed by atoms with Crippen LogP contribution in [-0.2, 0) is 16.4 Å². The molecule has 1 rings (SSSR count). The third-order valence-corrected chi connectivity index (χ3v) is 4.17. The standard InChI is InChI=1S/C14H23NO4S/c1-11(2)10-15-20(16,17)8-7-12-5-6-13(18-3)14(9-12)19-4/h5-6,9,11,15H,7-8,10H2,1-4H3. The number of hydrogen-bond donors (Lipinski definition) is 1. The number of sulfonamides is 1. The van der Waals surface area contributed by atoms with E-state index in [4.69, 9.17) is 9.47 Å². The lowest BCUT2D eigenvalue weighted by Crippen LogP contribution is -2.30. The lowest BCUT2D eigenvalue weighted by molar-refractivity contribution is 0.354. The van der Waals surface area contributed by atoms with Crippen LogP contribution in [0.3, 0.4) is 0 Å². The molecule has 0 aliphatic rings. The van der Waals surface area contributed by atoms with Gasteiger partial charge in [0.1, 0.15) is 0 Å². The molecular weight excluding hydrogens is 278 g/mol. The van der Waals surface area contributed by atoms with E-state index in [0.717, 1.165) is 5.56 Å². The summed E-state index contributed by atoms with van der Waals surface area (Å²) in [4.78, 5) is 0. The molecule has 0 aliphatic heterocycles. The Morgan fingerprint density at radius 3 is 2.35 bits per heavy atom. The predicted molar refractivity (Wildman–Crippen MR) is 79.9 cm³/mol. The van der Waals surface area contributed by atoms with Crippen LogP contribution in [0.5, 0.6) is 11.5 Å². The summed E-state index contributed by atoms with van der Waals surface area (Å²) in [5.74, 6) is 1.61. The highest BCUT2D eigenvalue weighted by Crippen LogP contribution is 2.27. The van der Waals surface area contributed by atoms with Crippen molar-refractivity contribution in [3.05, 3.63) is 23.8 Å². The SMILES string of the molecule is COc1ccc(CCS(=O)(=O)NCC(C)C)cc1OC. The molecule has 114 valence electrons. The van der Waals surface area contributed by atoms with Gasteiger partial charge in [0.25, 0.3) is 0 Å². The Bertz CT molecular complexity index is 526. The zero-order chi connectivity index (χ0) is 15.2. The maximum atomic E-state index is 11.8. The smallest absolute Gasteiger partial charge is 0.211 e. The molecule has 0 heterocycles. The molecule has 0 radical (unpaired) electrons. The molecule has 0 saturated carbocycles. The monoisotopic (exact) mass is 301 g/mol. The fourth-order valence-electron chi connectivity index (χ4n) is 1.65. The van der Waals surface area contributed by atoms with Crippen molar-refractivity contribution in [3.63, 3.8) is 0 Å². The Hall–Kier alpha value is -1.27. The topological polar surface area (TPSA) is 64.6 Å². The molecular formula is C14H23NO4S. The van der Waals surface area contributed by atoms with E-state index >= 15 is 0 Å². The Labute approximate surface area is 121 Å². The van der Waals surface area contributed by atoms with E-state index in [9.17, 15) is 8.42 Å². The van der Waals surface area contributed by atoms with Gasteiger partial charge in [-0.15, -0.1) is 0 Å². The minimum Gasteiger partial charge on any atom is -0.493 e. The minimum atomic E-state index is -3.23. The number of rotatable bonds is 8. The van der Waals surface area contributed by atoms with Crippen LogP contribution in [-0.4, -0.2) is 34.9 Å². The van der Waals surface area contributed by atoms with Crippen LogP contribution < -0.4 is 14.2 Å². The number of aryl methyl sites for hydroxylation is 1. The second-order valence-electron chi connectivity index (χ2n) is 5.00. The van der Waals surface area contributed by atoms with Crippen LogP contribution in [0.1, 0.15) is 19.4 Å². The zero-order valence-corrected chi connectivity index (χ0v) is 13.3. The first kappa shape index (κ1) is 16.8. The van der Waals surface area contributed by atoms with Gasteiger partial charge in [-0.05, 0) is 30.0 Å². The largest absolute Gasteiger partial charge is 0.493 e. The lowest BCUT2D eigenvalue weighted by Gasteiger charge is -2.11. The molecule has 6 heteroatoms. The van der Waals surface area contributed by atoms with Crippen LogP contribution in [0.2, 0.25) is 0 Å². The maximum absolute atomic E-state index is 11.8. The van der Waals surface area contributed by atoms with E-state index in [-0.39, 0.29) is 5.75 Å². The van der Waals surface area contributed by atoms with Gasteiger partial charge >= 0.3 is 0 Å². The van der Waals surface area contributed by atoms with Gasteiger partial charge in [0.2, 0.25) is 10.0 Å². The molecule has 0 spiro atoms. The molecule has 1 N–H and O–H groups in total. The van der Waals surface area contributed by atoms with Gasteiger partial charge in [0.05, 0.1) is 20.0 Å². The number of ether oxygens (including phenoxy) is 2. The molecule has 0 fully saturated rings. The Balaban J connectivity index is 2.65. The highest BCUT2D eigenvalue weighted by molar-refractivity contribution is 7.89. The van der Waals surface area contributed by atoms with Crippen molar-refractivity contribution in [2.75, 3.05) is 26.5 Å². The predicted octanol–water partition coefficient (Wildman–Crippen LogP) is 1.82. The molecule has 0 aromatic heterocycles. The fourth-order valence-corrected chi connectivity index (χ4v) is 2.89. The summed E-state index contributed by atoms with van der Waals surface area (Å²) in [6.07, 6.45) is 0.438. The summed E-state index contributed by atoms with van der Waals surface area (Å²) in [7, 11) is -0.107. The van der Waals surface area contributed by atoms with Gasteiger partial charge in [-0.2, -0.15) is 0 Å². The van der Waals surface area contributed by atoms with Crippen molar-refractivity contribution < 1.29 is 17.9 Å². The molecule has 5 nitrogen and oxygen atoms in total. The number of hydrogen-bond acceptors (Lipinski definition) is 4. The zero-order valence-electron chi connectivity index (χ0n) is 12.5. The summed E-state index contributed by atoms with van der Waals surface area (Å²) < 4.78 is 36.6.